The van der Waals surface area contributed by atoms with Crippen LogP contribution in [0.1, 0.15) is 0 Å². The van der Waals surface area contributed by atoms with Crippen molar-refractivity contribution in [3.8, 4) is 6.19 Å². The minimum Gasteiger partial charge on any atom is -0.453 e. The lowest BCUT2D eigenvalue weighted by molar-refractivity contribution is 0.522. The van der Waals surface area contributed by atoms with Gasteiger partial charge < -0.3 is 4.42 Å². The van der Waals surface area contributed by atoms with Crippen molar-refractivity contribution in [2.45, 2.75) is 0 Å². The van der Waals surface area contributed by atoms with E-state index in [1.165, 1.54) is 18.7 Å². The fourth-order valence-corrected chi connectivity index (χ4v) is 0.380. The molecule has 0 spiro atoms. The van der Waals surface area contributed by atoms with Gasteiger partial charge >= 0.3 is 0 Å². The van der Waals surface area contributed by atoms with E-state index in [0.717, 1.165) is 0 Å². The van der Waals surface area contributed by atoms with E-state index in [4.69, 9.17) is 5.26 Å². The molecule has 0 atom stereocenters. The van der Waals surface area contributed by atoms with Crippen LogP contribution in [0.2, 0.25) is 0 Å². The molecule has 1 aromatic heterocycles. The van der Waals surface area contributed by atoms with Gasteiger partial charge in [0.05, 0.1) is 6.26 Å². The lowest BCUT2D eigenvalue weighted by Gasteiger charge is -1.76. The minimum atomic E-state index is 0.365. The van der Waals surface area contributed by atoms with Gasteiger partial charge in [0.25, 0.3) is 0 Å². The highest BCUT2D eigenvalue weighted by Crippen LogP contribution is 1.69. The zero-order valence-electron chi connectivity index (χ0n) is 4.48. The van der Waals surface area contributed by atoms with Crippen molar-refractivity contribution in [3.63, 3.8) is 0 Å². The summed E-state index contributed by atoms with van der Waals surface area (Å²) < 4.78 is 4.58. The Morgan fingerprint density at radius 3 is 3.22 bits per heavy atom. The van der Waals surface area contributed by atoms with Crippen molar-refractivity contribution < 1.29 is 4.42 Å². The first-order chi connectivity index (χ1) is 4.43. The molecule has 1 rings (SSSR count). The van der Waals surface area contributed by atoms with Crippen LogP contribution >= 0.6 is 0 Å². The lowest BCUT2D eigenvalue weighted by atomic mass is 10.7. The summed E-state index contributed by atoms with van der Waals surface area (Å²) in [7, 11) is 0. The molecule has 0 N–H and O–H groups in total. The number of hydrogen-bond acceptors (Lipinski definition) is 4. The third kappa shape index (κ3) is 1.39. The maximum Gasteiger partial charge on any atom is 0.207 e. The van der Waals surface area contributed by atoms with Gasteiger partial charge in [0.2, 0.25) is 6.19 Å². The third-order valence-corrected chi connectivity index (χ3v) is 0.706. The number of rotatable bonds is 0. The fourth-order valence-electron chi connectivity index (χ4n) is 0.380. The first-order valence-corrected chi connectivity index (χ1v) is 2.25. The predicted molar refractivity (Wildman–Crippen MR) is 27.7 cm³/mol. The van der Waals surface area contributed by atoms with Crippen LogP contribution in [0.25, 0.3) is 0 Å². The van der Waals surface area contributed by atoms with Crippen LogP contribution in [0.5, 0.6) is 0 Å². The Bertz CT molecular complexity index is 265. The Kier molecular flexibility index (Phi) is 1.60. The Balaban J connectivity index is 3.16. The van der Waals surface area contributed by atoms with Crippen LogP contribution in [0.3, 0.4) is 0 Å². The van der Waals surface area contributed by atoms with Gasteiger partial charge in [-0.1, -0.05) is 0 Å². The summed E-state index contributed by atoms with van der Waals surface area (Å²) in [4.78, 5) is 6.95. The molecule has 4 heteroatoms. The highest BCUT2D eigenvalue weighted by atomic mass is 16.3. The van der Waals surface area contributed by atoms with Crippen LogP contribution in [0.15, 0.2) is 28.1 Å². The molecule has 0 saturated heterocycles. The van der Waals surface area contributed by atoms with Gasteiger partial charge in [-0.3, -0.25) is 0 Å². The molecule has 44 valence electrons. The molecule has 1 aromatic rings. The number of nitrogens with zero attached hydrogens (tertiary/aromatic N) is 3. The first kappa shape index (κ1) is 5.51. The van der Waals surface area contributed by atoms with Gasteiger partial charge in [-0.25, -0.2) is 0 Å². The molecule has 9 heavy (non-hydrogen) atoms. The van der Waals surface area contributed by atoms with Gasteiger partial charge in [-0.2, -0.15) is 15.2 Å². The minimum absolute atomic E-state index is 0.365. The van der Waals surface area contributed by atoms with Gasteiger partial charge in [-0.05, 0) is 0 Å². The summed E-state index contributed by atoms with van der Waals surface area (Å²) >= 11 is 0. The molecule has 4 nitrogen and oxygen atoms in total. The molecule has 0 aromatic carbocycles. The molecule has 0 amide bonds. The normalized spacial score (nSPS) is 10.8. The standard InChI is InChI=1S/C5H3N3O/c6-3-7-5-1-2-9-4-8-5/h1-2,4H. The van der Waals surface area contributed by atoms with Gasteiger partial charge in [0.1, 0.15) is 0 Å². The molecule has 1 heterocycles. The van der Waals surface area contributed by atoms with Crippen molar-refractivity contribution in [1.82, 2.24) is 4.98 Å². The number of aromatic nitrogens is 1. The Labute approximate surface area is 51.1 Å². The van der Waals surface area contributed by atoms with Gasteiger partial charge in [0.15, 0.2) is 11.9 Å². The van der Waals surface area contributed by atoms with E-state index < -0.39 is 0 Å². The monoisotopic (exact) mass is 121 g/mol. The smallest absolute Gasteiger partial charge is 0.207 e. The molecule has 0 aliphatic heterocycles. The second-order valence-corrected chi connectivity index (χ2v) is 1.24. The average molecular weight is 121 g/mol. The largest absolute Gasteiger partial charge is 0.453 e. The molecule has 0 unspecified atom stereocenters. The Hall–Kier alpha value is -1.63. The van der Waals surface area contributed by atoms with E-state index in [9.17, 15) is 0 Å². The molecule has 0 aliphatic carbocycles. The molecular formula is C5H3N3O. The second kappa shape index (κ2) is 2.62. The summed E-state index contributed by atoms with van der Waals surface area (Å²) in [5, 5.41) is 8.03. The van der Waals surface area contributed by atoms with Crippen molar-refractivity contribution in [3.05, 3.63) is 24.2 Å². The maximum atomic E-state index is 8.03. The molecular weight excluding hydrogens is 118 g/mol. The van der Waals surface area contributed by atoms with Crippen LogP contribution in [-0.4, -0.2) is 4.98 Å². The predicted octanol–water partition coefficient (Wildman–Crippen LogP) is 0.0564. The van der Waals surface area contributed by atoms with Crippen molar-refractivity contribution >= 4 is 0 Å². The summed E-state index contributed by atoms with van der Waals surface area (Å²) in [6, 6.07) is 1.50. The molecule has 0 aliphatic rings. The summed E-state index contributed by atoms with van der Waals surface area (Å²) in [6.45, 7) is 0. The van der Waals surface area contributed by atoms with E-state index in [1.807, 2.05) is 0 Å². The average Bonchev–Trinajstić information content (AvgIpc) is 1.91. The van der Waals surface area contributed by atoms with Gasteiger partial charge in [0, 0.05) is 6.07 Å². The summed E-state index contributed by atoms with van der Waals surface area (Å²) in [6.07, 6.45) is 4.23. The zero-order valence-corrected chi connectivity index (χ0v) is 4.48. The van der Waals surface area contributed by atoms with Crippen LogP contribution in [0, 0.1) is 11.5 Å². The zero-order chi connectivity index (χ0) is 6.53. The molecule has 0 saturated carbocycles. The van der Waals surface area contributed by atoms with E-state index in [2.05, 4.69) is 14.4 Å². The van der Waals surface area contributed by atoms with Crippen LogP contribution in [-0.2, 0) is 0 Å². The number of nitriles is 1. The van der Waals surface area contributed by atoms with E-state index in [1.54, 1.807) is 6.19 Å². The fraction of sp³-hybridized carbons (Fsp3) is 0. The van der Waals surface area contributed by atoms with E-state index >= 15 is 0 Å². The Morgan fingerprint density at radius 1 is 1.78 bits per heavy atom. The lowest BCUT2D eigenvalue weighted by Crippen LogP contribution is -2.02. The van der Waals surface area contributed by atoms with Gasteiger partial charge in [-0.15, -0.1) is 0 Å². The summed E-state index contributed by atoms with van der Waals surface area (Å²) in [5.41, 5.74) is 0.365. The topological polar surface area (TPSA) is 62.2 Å². The highest BCUT2D eigenvalue weighted by Gasteiger charge is 1.75. The van der Waals surface area contributed by atoms with Crippen molar-refractivity contribution in [2.24, 2.45) is 4.99 Å². The quantitative estimate of drug-likeness (QED) is 0.456. The van der Waals surface area contributed by atoms with Crippen molar-refractivity contribution in [2.75, 3.05) is 0 Å². The maximum absolute atomic E-state index is 8.03. The third-order valence-electron chi connectivity index (χ3n) is 0.706. The molecule has 0 fully saturated rings. The number of hydrogen-bond donors (Lipinski definition) is 0. The highest BCUT2D eigenvalue weighted by molar-refractivity contribution is 4.78. The van der Waals surface area contributed by atoms with Crippen molar-refractivity contribution in [1.29, 1.82) is 5.26 Å². The van der Waals surface area contributed by atoms with E-state index in [0.29, 0.717) is 5.49 Å². The van der Waals surface area contributed by atoms with Crippen LogP contribution in [0.4, 0.5) is 0 Å². The molecule has 0 bridgehead atoms. The summed E-state index contributed by atoms with van der Waals surface area (Å²) in [5.74, 6) is 0. The van der Waals surface area contributed by atoms with Crippen LogP contribution < -0.4 is 5.49 Å². The Morgan fingerprint density at radius 2 is 2.67 bits per heavy atom. The SMILES string of the molecule is N#CN=c1ccocn1. The molecule has 0 radical (unpaired) electrons. The second-order valence-electron chi connectivity index (χ2n) is 1.24. The first-order valence-electron chi connectivity index (χ1n) is 2.25. The van der Waals surface area contributed by atoms with E-state index in [-0.39, 0.29) is 0 Å².